The van der Waals surface area contributed by atoms with Crippen molar-refractivity contribution in [1.82, 2.24) is 4.98 Å². The summed E-state index contributed by atoms with van der Waals surface area (Å²) in [5, 5.41) is 4.60. The van der Waals surface area contributed by atoms with E-state index in [9.17, 15) is 13.2 Å². The van der Waals surface area contributed by atoms with E-state index in [1.807, 2.05) is 24.4 Å². The molecule has 24 heavy (non-hydrogen) atoms. The molecule has 3 rings (SSSR count). The molecular formula is C16H19N3O3S2. The summed E-state index contributed by atoms with van der Waals surface area (Å²) in [4.78, 5) is 19.0. The molecule has 1 aliphatic heterocycles. The average Bonchev–Trinajstić information content (AvgIpc) is 3.19. The van der Waals surface area contributed by atoms with E-state index in [0.29, 0.717) is 23.7 Å². The van der Waals surface area contributed by atoms with Gasteiger partial charge in [-0.05, 0) is 36.9 Å². The minimum Gasteiger partial charge on any atom is -0.367 e. The molecule has 1 atom stereocenters. The molecule has 1 fully saturated rings. The van der Waals surface area contributed by atoms with Crippen LogP contribution in [0.15, 0.2) is 35.8 Å². The predicted molar refractivity (Wildman–Crippen MR) is 96.6 cm³/mol. The maximum absolute atomic E-state index is 12.0. The first kappa shape index (κ1) is 16.9. The number of aromatic nitrogens is 1. The maximum atomic E-state index is 12.0. The minimum absolute atomic E-state index is 0.00615. The van der Waals surface area contributed by atoms with E-state index in [1.54, 1.807) is 18.3 Å². The smallest absolute Gasteiger partial charge is 0.266 e. The van der Waals surface area contributed by atoms with Crippen molar-refractivity contribution in [2.75, 3.05) is 28.3 Å². The minimum atomic E-state index is -2.93. The molecule has 128 valence electrons. The van der Waals surface area contributed by atoms with Crippen LogP contribution in [0.2, 0.25) is 0 Å². The van der Waals surface area contributed by atoms with Gasteiger partial charge in [0.15, 0.2) is 9.84 Å². The van der Waals surface area contributed by atoms with Gasteiger partial charge in [-0.1, -0.05) is 6.07 Å². The van der Waals surface area contributed by atoms with Gasteiger partial charge in [-0.2, -0.15) is 0 Å². The number of nitrogens with one attached hydrogen (secondary N) is 1. The quantitative estimate of drug-likeness (QED) is 0.880. The molecule has 1 unspecified atom stereocenters. The largest absolute Gasteiger partial charge is 0.367 e. The van der Waals surface area contributed by atoms with Crippen molar-refractivity contribution in [3.8, 4) is 0 Å². The summed E-state index contributed by atoms with van der Waals surface area (Å²) in [7, 11) is -2.93. The van der Waals surface area contributed by atoms with Gasteiger partial charge in [0.2, 0.25) is 0 Å². The van der Waals surface area contributed by atoms with E-state index < -0.39 is 9.84 Å². The van der Waals surface area contributed by atoms with Crippen LogP contribution in [0.5, 0.6) is 0 Å². The molecule has 0 bridgehead atoms. The third-order valence-electron chi connectivity index (χ3n) is 4.06. The van der Waals surface area contributed by atoms with Crippen molar-refractivity contribution in [3.05, 3.63) is 40.7 Å². The van der Waals surface area contributed by atoms with Crippen molar-refractivity contribution < 1.29 is 13.2 Å². The summed E-state index contributed by atoms with van der Waals surface area (Å²) >= 11 is 1.37. The van der Waals surface area contributed by atoms with E-state index >= 15 is 0 Å². The summed E-state index contributed by atoms with van der Waals surface area (Å²) in [5.74, 6) is 0.737. The standard InChI is InChI=1S/C16H19N3O3S2/c1-2-19(13-7-9-24(21,22)11-13)12-5-6-15(17-10-12)18-16(20)14-4-3-8-23-14/h3-6,8,10,13H,2,7,9,11H2,1H3,(H,17,18,20). The van der Waals surface area contributed by atoms with Crippen molar-refractivity contribution in [2.45, 2.75) is 19.4 Å². The Balaban J connectivity index is 1.70. The third kappa shape index (κ3) is 3.76. The number of thiophene rings is 1. The Morgan fingerprint density at radius 3 is 2.79 bits per heavy atom. The van der Waals surface area contributed by atoms with Gasteiger partial charge in [0.05, 0.1) is 28.3 Å². The molecule has 1 N–H and O–H groups in total. The Morgan fingerprint density at radius 1 is 1.42 bits per heavy atom. The van der Waals surface area contributed by atoms with Gasteiger partial charge in [0.25, 0.3) is 5.91 Å². The molecule has 6 nitrogen and oxygen atoms in total. The first-order valence-electron chi connectivity index (χ1n) is 7.76. The van der Waals surface area contributed by atoms with Crippen LogP contribution < -0.4 is 10.2 Å². The number of hydrogen-bond acceptors (Lipinski definition) is 6. The zero-order valence-corrected chi connectivity index (χ0v) is 14.9. The highest BCUT2D eigenvalue weighted by molar-refractivity contribution is 7.91. The number of anilines is 2. The summed E-state index contributed by atoms with van der Waals surface area (Å²) in [6, 6.07) is 7.19. The van der Waals surface area contributed by atoms with Crippen LogP contribution in [0.4, 0.5) is 11.5 Å². The fraction of sp³-hybridized carbons (Fsp3) is 0.375. The fourth-order valence-corrected chi connectivity index (χ4v) is 5.24. The van der Waals surface area contributed by atoms with Crippen LogP contribution >= 0.6 is 11.3 Å². The van der Waals surface area contributed by atoms with Gasteiger partial charge in [-0.15, -0.1) is 11.3 Å². The number of amides is 1. The number of rotatable bonds is 5. The Labute approximate surface area is 145 Å². The summed E-state index contributed by atoms with van der Waals surface area (Å²) in [6.07, 6.45) is 2.32. The molecule has 2 aromatic heterocycles. The topological polar surface area (TPSA) is 79.4 Å². The maximum Gasteiger partial charge on any atom is 0.266 e. The van der Waals surface area contributed by atoms with E-state index in [1.165, 1.54) is 11.3 Å². The summed E-state index contributed by atoms with van der Waals surface area (Å²) in [5.41, 5.74) is 0.869. The lowest BCUT2D eigenvalue weighted by molar-refractivity contribution is 0.103. The highest BCUT2D eigenvalue weighted by Gasteiger charge is 2.31. The summed E-state index contributed by atoms with van der Waals surface area (Å²) in [6.45, 7) is 2.71. The zero-order valence-electron chi connectivity index (χ0n) is 13.3. The molecule has 3 heterocycles. The lowest BCUT2D eigenvalue weighted by atomic mass is 10.2. The number of nitrogens with zero attached hydrogens (tertiary/aromatic N) is 2. The van der Waals surface area contributed by atoms with Gasteiger partial charge in [-0.3, -0.25) is 4.79 Å². The molecule has 1 amide bonds. The molecule has 0 radical (unpaired) electrons. The molecule has 8 heteroatoms. The van der Waals surface area contributed by atoms with E-state index in [4.69, 9.17) is 0 Å². The van der Waals surface area contributed by atoms with Crippen LogP contribution in [0.1, 0.15) is 23.0 Å². The average molecular weight is 365 g/mol. The second-order valence-corrected chi connectivity index (χ2v) is 8.85. The van der Waals surface area contributed by atoms with Crippen LogP contribution in [0.25, 0.3) is 0 Å². The van der Waals surface area contributed by atoms with Crippen LogP contribution in [-0.4, -0.2) is 43.4 Å². The number of carbonyl (C=O) groups is 1. The van der Waals surface area contributed by atoms with Crippen molar-refractivity contribution in [1.29, 1.82) is 0 Å². The number of pyridine rings is 1. The lowest BCUT2D eigenvalue weighted by Crippen LogP contribution is -2.36. The molecule has 0 aliphatic carbocycles. The highest BCUT2D eigenvalue weighted by Crippen LogP contribution is 2.24. The highest BCUT2D eigenvalue weighted by atomic mass is 32.2. The molecule has 0 spiro atoms. The lowest BCUT2D eigenvalue weighted by Gasteiger charge is -2.28. The zero-order chi connectivity index (χ0) is 17.2. The van der Waals surface area contributed by atoms with Gasteiger partial charge in [0.1, 0.15) is 5.82 Å². The molecule has 2 aromatic rings. The number of carbonyl (C=O) groups excluding carboxylic acids is 1. The van der Waals surface area contributed by atoms with Crippen molar-refractivity contribution in [3.63, 3.8) is 0 Å². The molecular weight excluding hydrogens is 346 g/mol. The van der Waals surface area contributed by atoms with Gasteiger partial charge >= 0.3 is 0 Å². The van der Waals surface area contributed by atoms with E-state index in [-0.39, 0.29) is 23.5 Å². The Hall–Kier alpha value is -1.93. The van der Waals surface area contributed by atoms with E-state index in [2.05, 4.69) is 15.2 Å². The van der Waals surface area contributed by atoms with Crippen LogP contribution in [0, 0.1) is 0 Å². The van der Waals surface area contributed by atoms with Crippen molar-refractivity contribution >= 4 is 38.6 Å². The predicted octanol–water partition coefficient (Wildman–Crippen LogP) is 2.41. The normalized spacial score (nSPS) is 19.1. The van der Waals surface area contributed by atoms with Crippen LogP contribution in [0.3, 0.4) is 0 Å². The van der Waals surface area contributed by atoms with Gasteiger partial charge in [-0.25, -0.2) is 13.4 Å². The van der Waals surface area contributed by atoms with Gasteiger partial charge < -0.3 is 10.2 Å². The Kier molecular flexibility index (Phi) is 4.86. The molecule has 0 saturated carbocycles. The monoisotopic (exact) mass is 365 g/mol. The number of hydrogen-bond donors (Lipinski definition) is 1. The first-order valence-corrected chi connectivity index (χ1v) is 10.5. The molecule has 1 aliphatic rings. The third-order valence-corrected chi connectivity index (χ3v) is 6.67. The van der Waals surface area contributed by atoms with E-state index in [0.717, 1.165) is 5.69 Å². The van der Waals surface area contributed by atoms with Crippen LogP contribution in [-0.2, 0) is 9.84 Å². The SMILES string of the molecule is CCN(c1ccc(NC(=O)c2cccs2)nc1)C1CCS(=O)(=O)C1. The second-order valence-electron chi connectivity index (χ2n) is 5.68. The van der Waals surface area contributed by atoms with Gasteiger partial charge in [0, 0.05) is 12.6 Å². The van der Waals surface area contributed by atoms with Crippen molar-refractivity contribution in [2.24, 2.45) is 0 Å². The molecule has 0 aromatic carbocycles. The Bertz CT molecular complexity index is 802. The number of sulfone groups is 1. The summed E-state index contributed by atoms with van der Waals surface area (Å²) < 4.78 is 23.4. The second kappa shape index (κ2) is 6.90. The molecule has 1 saturated heterocycles. The Morgan fingerprint density at radius 2 is 2.25 bits per heavy atom. The fourth-order valence-electron chi connectivity index (χ4n) is 2.89. The first-order chi connectivity index (χ1) is 11.5.